The zero-order chi connectivity index (χ0) is 11.0. The monoisotopic (exact) mass is 230 g/mol. The van der Waals surface area contributed by atoms with Crippen LogP contribution >= 0.6 is 11.3 Å². The predicted octanol–water partition coefficient (Wildman–Crippen LogP) is 3.73. The van der Waals surface area contributed by atoms with Crippen LogP contribution in [-0.4, -0.2) is 12.0 Å². The van der Waals surface area contributed by atoms with Gasteiger partial charge in [-0.3, -0.25) is 0 Å². The van der Waals surface area contributed by atoms with E-state index in [0.29, 0.717) is 0 Å². The van der Waals surface area contributed by atoms with Gasteiger partial charge in [-0.2, -0.15) is 0 Å². The van der Waals surface area contributed by atoms with Crippen LogP contribution in [-0.2, 0) is 0 Å². The summed E-state index contributed by atoms with van der Waals surface area (Å²) in [6.07, 6.45) is 4.65. The van der Waals surface area contributed by atoms with Crippen LogP contribution < -0.4 is 5.32 Å². The Labute approximate surface area is 99.4 Å². The molecule has 0 saturated heterocycles. The van der Waals surface area contributed by atoms with Crippen LogP contribution in [0, 0.1) is 0 Å². The lowest BCUT2D eigenvalue weighted by Crippen LogP contribution is -1.84. The number of aromatic nitrogens is 1. The van der Waals surface area contributed by atoms with Crippen molar-refractivity contribution in [1.29, 1.82) is 0 Å². The summed E-state index contributed by atoms with van der Waals surface area (Å²) in [7, 11) is 1.91. The van der Waals surface area contributed by atoms with Gasteiger partial charge >= 0.3 is 0 Å². The van der Waals surface area contributed by atoms with Crippen molar-refractivity contribution in [3.05, 3.63) is 36.0 Å². The van der Waals surface area contributed by atoms with Crippen molar-refractivity contribution in [2.45, 2.75) is 18.8 Å². The Hall–Kier alpha value is -1.35. The lowest BCUT2D eigenvalue weighted by molar-refractivity contribution is 1.13. The predicted molar refractivity (Wildman–Crippen MR) is 69.1 cm³/mol. The normalized spacial score (nSPS) is 15.1. The second-order valence-corrected chi connectivity index (χ2v) is 5.17. The van der Waals surface area contributed by atoms with Crippen LogP contribution in [0.25, 0.3) is 10.4 Å². The molecule has 82 valence electrons. The van der Waals surface area contributed by atoms with E-state index < -0.39 is 0 Å². The van der Waals surface area contributed by atoms with E-state index in [4.69, 9.17) is 0 Å². The average molecular weight is 230 g/mol. The maximum absolute atomic E-state index is 4.34. The molecule has 0 spiro atoms. The molecule has 1 aromatic heterocycles. The highest BCUT2D eigenvalue weighted by Gasteiger charge is 2.26. The first-order chi connectivity index (χ1) is 7.88. The van der Waals surface area contributed by atoms with Gasteiger partial charge < -0.3 is 5.32 Å². The van der Waals surface area contributed by atoms with E-state index in [1.54, 1.807) is 11.3 Å². The molecule has 1 N–H and O–H groups in total. The Kier molecular flexibility index (Phi) is 2.40. The van der Waals surface area contributed by atoms with E-state index in [-0.39, 0.29) is 0 Å². The molecular formula is C13H14N2S. The molecule has 1 fully saturated rings. The number of thiazole rings is 1. The van der Waals surface area contributed by atoms with Gasteiger partial charge in [-0.05, 0) is 29.9 Å². The largest absolute Gasteiger partial charge is 0.365 e. The minimum Gasteiger partial charge on any atom is -0.365 e. The number of hydrogen-bond donors (Lipinski definition) is 1. The molecule has 2 aromatic rings. The molecule has 1 saturated carbocycles. The molecule has 0 bridgehead atoms. The Morgan fingerprint density at radius 3 is 2.81 bits per heavy atom. The van der Waals surface area contributed by atoms with Crippen LogP contribution in [0.15, 0.2) is 30.5 Å². The first kappa shape index (κ1) is 9.85. The van der Waals surface area contributed by atoms with Gasteiger partial charge in [-0.1, -0.05) is 35.6 Å². The summed E-state index contributed by atoms with van der Waals surface area (Å²) in [5.41, 5.74) is 2.86. The van der Waals surface area contributed by atoms with E-state index in [1.165, 1.54) is 28.8 Å². The second-order valence-electron chi connectivity index (χ2n) is 4.14. The van der Waals surface area contributed by atoms with Crippen LogP contribution in [0.2, 0.25) is 0 Å². The quantitative estimate of drug-likeness (QED) is 0.869. The lowest BCUT2D eigenvalue weighted by atomic mass is 10.0. The first-order valence-electron chi connectivity index (χ1n) is 5.61. The van der Waals surface area contributed by atoms with Crippen molar-refractivity contribution < 1.29 is 0 Å². The number of rotatable bonds is 3. The highest BCUT2D eigenvalue weighted by atomic mass is 32.1. The molecule has 0 amide bonds. The number of hydrogen-bond acceptors (Lipinski definition) is 3. The minimum atomic E-state index is 0.788. The zero-order valence-electron chi connectivity index (χ0n) is 9.23. The summed E-state index contributed by atoms with van der Waals surface area (Å²) in [5, 5.41) is 4.08. The Morgan fingerprint density at radius 2 is 2.12 bits per heavy atom. The molecule has 2 nitrogen and oxygen atoms in total. The molecule has 0 atom stereocenters. The molecule has 0 unspecified atom stereocenters. The fraction of sp³-hybridized carbons (Fsp3) is 0.308. The van der Waals surface area contributed by atoms with Crippen molar-refractivity contribution >= 4 is 16.5 Å². The van der Waals surface area contributed by atoms with Crippen LogP contribution in [0.3, 0.4) is 0 Å². The molecule has 1 aliphatic carbocycles. The zero-order valence-corrected chi connectivity index (χ0v) is 10.1. The second kappa shape index (κ2) is 3.91. The standard InChI is InChI=1S/C13H14N2S/c1-14-13-15-8-12(16-13)11-5-3-2-4-10(11)9-6-7-9/h2-5,8-9H,6-7H2,1H3,(H,14,15). The molecule has 0 radical (unpaired) electrons. The Balaban J connectivity index is 2.04. The molecule has 1 heterocycles. The maximum Gasteiger partial charge on any atom is 0.182 e. The number of nitrogens with one attached hydrogen (secondary N) is 1. The number of nitrogens with zero attached hydrogens (tertiary/aromatic N) is 1. The minimum absolute atomic E-state index is 0.788. The third-order valence-electron chi connectivity index (χ3n) is 2.96. The molecule has 3 heteroatoms. The summed E-state index contributed by atoms with van der Waals surface area (Å²) in [6.45, 7) is 0. The van der Waals surface area contributed by atoms with Gasteiger partial charge in [0.15, 0.2) is 5.13 Å². The van der Waals surface area contributed by atoms with Crippen LogP contribution in [0.5, 0.6) is 0 Å². The summed E-state index contributed by atoms with van der Waals surface area (Å²) in [4.78, 5) is 5.61. The highest BCUT2D eigenvalue weighted by molar-refractivity contribution is 7.18. The summed E-state index contributed by atoms with van der Waals surface area (Å²) < 4.78 is 0. The molecule has 0 aliphatic heterocycles. The van der Waals surface area contributed by atoms with Crippen molar-refractivity contribution in [3.8, 4) is 10.4 Å². The van der Waals surface area contributed by atoms with E-state index >= 15 is 0 Å². The van der Waals surface area contributed by atoms with Gasteiger partial charge in [-0.15, -0.1) is 0 Å². The Morgan fingerprint density at radius 1 is 1.31 bits per heavy atom. The summed E-state index contributed by atoms with van der Waals surface area (Å²) >= 11 is 1.72. The van der Waals surface area contributed by atoms with Crippen LogP contribution in [0.1, 0.15) is 24.3 Å². The van der Waals surface area contributed by atoms with Gasteiger partial charge in [0.2, 0.25) is 0 Å². The summed E-state index contributed by atoms with van der Waals surface area (Å²) in [6, 6.07) is 8.71. The summed E-state index contributed by atoms with van der Waals surface area (Å²) in [5.74, 6) is 0.788. The van der Waals surface area contributed by atoms with Gasteiger partial charge in [0.25, 0.3) is 0 Å². The van der Waals surface area contributed by atoms with Crippen molar-refractivity contribution in [1.82, 2.24) is 4.98 Å². The number of benzene rings is 1. The van der Waals surface area contributed by atoms with Crippen molar-refractivity contribution in [3.63, 3.8) is 0 Å². The molecule has 3 rings (SSSR count). The number of anilines is 1. The fourth-order valence-corrected chi connectivity index (χ4v) is 2.80. The fourth-order valence-electron chi connectivity index (χ4n) is 1.99. The Bertz CT molecular complexity index is 500. The molecule has 1 aromatic carbocycles. The van der Waals surface area contributed by atoms with Gasteiger partial charge in [0.05, 0.1) is 4.88 Å². The van der Waals surface area contributed by atoms with Gasteiger partial charge in [0.1, 0.15) is 0 Å². The van der Waals surface area contributed by atoms with Gasteiger partial charge in [-0.25, -0.2) is 4.98 Å². The lowest BCUT2D eigenvalue weighted by Gasteiger charge is -2.05. The van der Waals surface area contributed by atoms with Crippen molar-refractivity contribution in [2.75, 3.05) is 12.4 Å². The smallest absolute Gasteiger partial charge is 0.182 e. The van der Waals surface area contributed by atoms with E-state index in [0.717, 1.165) is 11.0 Å². The highest BCUT2D eigenvalue weighted by Crippen LogP contribution is 2.45. The van der Waals surface area contributed by atoms with E-state index in [2.05, 4.69) is 34.6 Å². The maximum atomic E-state index is 4.34. The third kappa shape index (κ3) is 1.71. The average Bonchev–Trinajstić information content (AvgIpc) is 3.07. The van der Waals surface area contributed by atoms with E-state index in [9.17, 15) is 0 Å². The molecular weight excluding hydrogens is 216 g/mol. The molecule has 16 heavy (non-hydrogen) atoms. The molecule has 1 aliphatic rings. The van der Waals surface area contributed by atoms with Gasteiger partial charge in [0, 0.05) is 13.2 Å². The SMILES string of the molecule is CNc1ncc(-c2ccccc2C2CC2)s1. The topological polar surface area (TPSA) is 24.9 Å². The van der Waals surface area contributed by atoms with Crippen LogP contribution in [0.4, 0.5) is 5.13 Å². The third-order valence-corrected chi connectivity index (χ3v) is 4.01. The van der Waals surface area contributed by atoms with E-state index in [1.807, 2.05) is 13.2 Å². The van der Waals surface area contributed by atoms with Crippen molar-refractivity contribution in [2.24, 2.45) is 0 Å². The first-order valence-corrected chi connectivity index (χ1v) is 6.43.